The molecule has 0 bridgehead atoms. The number of aromatic nitrogens is 3. The minimum Gasteiger partial charge on any atom is -0.380 e. The number of aryl methyl sites for hydroxylation is 1. The Balaban J connectivity index is 2.69. The van der Waals surface area contributed by atoms with E-state index in [-0.39, 0.29) is 12.1 Å². The van der Waals surface area contributed by atoms with Gasteiger partial charge in [-0.1, -0.05) is 13.8 Å². The Labute approximate surface area is 103 Å². The molecule has 6 nitrogen and oxygen atoms in total. The summed E-state index contributed by atoms with van der Waals surface area (Å²) in [5.74, 6) is 6.53. The summed E-state index contributed by atoms with van der Waals surface area (Å²) in [6.45, 7) is 5.08. The first-order valence-electron chi connectivity index (χ1n) is 6.12. The fraction of sp³-hybridized carbons (Fsp3) is 0.818. The first-order chi connectivity index (χ1) is 8.26. The first-order valence-corrected chi connectivity index (χ1v) is 6.12. The van der Waals surface area contributed by atoms with E-state index in [1.807, 2.05) is 4.68 Å². The van der Waals surface area contributed by atoms with E-state index >= 15 is 0 Å². The third kappa shape index (κ3) is 3.76. The van der Waals surface area contributed by atoms with E-state index in [0.717, 1.165) is 31.6 Å². The van der Waals surface area contributed by atoms with Crippen molar-refractivity contribution >= 4 is 0 Å². The van der Waals surface area contributed by atoms with Crippen molar-refractivity contribution in [2.24, 2.45) is 5.84 Å². The maximum Gasteiger partial charge on any atom is 0.138 e. The van der Waals surface area contributed by atoms with Crippen molar-refractivity contribution < 1.29 is 4.74 Å². The molecule has 1 aromatic rings. The number of hydrogen-bond donors (Lipinski definition) is 2. The van der Waals surface area contributed by atoms with Crippen LogP contribution in [0.2, 0.25) is 0 Å². The second kappa shape index (κ2) is 7.37. The van der Waals surface area contributed by atoms with Gasteiger partial charge in [0, 0.05) is 20.1 Å². The molecule has 0 spiro atoms. The minimum absolute atomic E-state index is 0.0600. The molecule has 0 radical (unpaired) electrons. The Morgan fingerprint density at radius 3 is 2.82 bits per heavy atom. The van der Waals surface area contributed by atoms with Crippen LogP contribution in [-0.4, -0.2) is 34.0 Å². The van der Waals surface area contributed by atoms with Gasteiger partial charge in [-0.05, 0) is 12.8 Å². The molecule has 1 aromatic heterocycles. The van der Waals surface area contributed by atoms with Crippen LogP contribution in [0.5, 0.6) is 0 Å². The summed E-state index contributed by atoms with van der Waals surface area (Å²) in [5.41, 5.74) is 2.81. The van der Waals surface area contributed by atoms with E-state index in [0.29, 0.717) is 0 Å². The molecule has 0 aliphatic carbocycles. The van der Waals surface area contributed by atoms with Gasteiger partial charge in [-0.3, -0.25) is 16.0 Å². The minimum atomic E-state index is 0.0600. The van der Waals surface area contributed by atoms with Gasteiger partial charge in [0.2, 0.25) is 0 Å². The lowest BCUT2D eigenvalue weighted by Crippen LogP contribution is -2.46. The maximum atomic E-state index is 5.58. The molecular formula is C11H23N5O. The molecule has 0 amide bonds. The van der Waals surface area contributed by atoms with E-state index in [4.69, 9.17) is 10.6 Å². The van der Waals surface area contributed by atoms with Gasteiger partial charge in [-0.2, -0.15) is 5.10 Å². The highest BCUT2D eigenvalue weighted by Gasteiger charge is 2.21. The zero-order valence-corrected chi connectivity index (χ0v) is 10.9. The summed E-state index contributed by atoms with van der Waals surface area (Å²) < 4.78 is 7.32. The molecule has 0 aliphatic heterocycles. The Morgan fingerprint density at radius 1 is 1.53 bits per heavy atom. The molecule has 0 saturated heterocycles. The fourth-order valence-electron chi connectivity index (χ4n) is 1.95. The van der Waals surface area contributed by atoms with E-state index in [9.17, 15) is 0 Å². The summed E-state index contributed by atoms with van der Waals surface area (Å²) >= 11 is 0. The van der Waals surface area contributed by atoms with Crippen LogP contribution >= 0.6 is 0 Å². The van der Waals surface area contributed by atoms with Crippen molar-refractivity contribution in [3.63, 3.8) is 0 Å². The maximum absolute atomic E-state index is 5.58. The molecular weight excluding hydrogens is 218 g/mol. The van der Waals surface area contributed by atoms with Crippen LogP contribution in [-0.2, 0) is 17.7 Å². The SMILES string of the molecule is CCCn1ncnc1CC(NN)C(CC)OC. The van der Waals surface area contributed by atoms with Crippen LogP contribution in [0.25, 0.3) is 0 Å². The van der Waals surface area contributed by atoms with E-state index in [2.05, 4.69) is 29.4 Å². The average molecular weight is 241 g/mol. The largest absolute Gasteiger partial charge is 0.380 e. The number of hydrazine groups is 1. The van der Waals surface area contributed by atoms with Crippen LogP contribution in [0.1, 0.15) is 32.5 Å². The van der Waals surface area contributed by atoms with E-state index in [1.54, 1.807) is 13.4 Å². The monoisotopic (exact) mass is 241 g/mol. The second-order valence-corrected chi connectivity index (χ2v) is 4.06. The number of methoxy groups -OCH3 is 1. The van der Waals surface area contributed by atoms with Crippen molar-refractivity contribution in [3.05, 3.63) is 12.2 Å². The summed E-state index contributed by atoms with van der Waals surface area (Å²) in [4.78, 5) is 4.27. The van der Waals surface area contributed by atoms with Gasteiger partial charge in [0.25, 0.3) is 0 Å². The predicted octanol–water partition coefficient (Wildman–Crippen LogP) is 0.488. The van der Waals surface area contributed by atoms with Crippen LogP contribution < -0.4 is 11.3 Å². The lowest BCUT2D eigenvalue weighted by atomic mass is 10.1. The lowest BCUT2D eigenvalue weighted by Gasteiger charge is -2.24. The summed E-state index contributed by atoms with van der Waals surface area (Å²) in [6, 6.07) is 0.0600. The molecule has 3 N–H and O–H groups in total. The van der Waals surface area contributed by atoms with Crippen LogP contribution in [0.4, 0.5) is 0 Å². The van der Waals surface area contributed by atoms with Crippen LogP contribution in [0.3, 0.4) is 0 Å². The normalized spacial score (nSPS) is 14.8. The Kier molecular flexibility index (Phi) is 6.10. The van der Waals surface area contributed by atoms with Crippen LogP contribution in [0.15, 0.2) is 6.33 Å². The van der Waals surface area contributed by atoms with Gasteiger partial charge in [0.15, 0.2) is 0 Å². The Hall–Kier alpha value is -0.980. The van der Waals surface area contributed by atoms with Crippen molar-refractivity contribution in [3.8, 4) is 0 Å². The zero-order valence-electron chi connectivity index (χ0n) is 10.9. The van der Waals surface area contributed by atoms with Crippen molar-refractivity contribution in [1.82, 2.24) is 20.2 Å². The average Bonchev–Trinajstić information content (AvgIpc) is 2.77. The quantitative estimate of drug-likeness (QED) is 0.511. The molecule has 17 heavy (non-hydrogen) atoms. The molecule has 6 heteroatoms. The van der Waals surface area contributed by atoms with Gasteiger partial charge < -0.3 is 4.74 Å². The second-order valence-electron chi connectivity index (χ2n) is 4.06. The molecule has 0 aliphatic rings. The van der Waals surface area contributed by atoms with Gasteiger partial charge >= 0.3 is 0 Å². The predicted molar refractivity (Wildman–Crippen MR) is 66.2 cm³/mol. The molecule has 1 rings (SSSR count). The summed E-state index contributed by atoms with van der Waals surface area (Å²) in [7, 11) is 1.70. The van der Waals surface area contributed by atoms with E-state index in [1.165, 1.54) is 0 Å². The molecule has 0 fully saturated rings. The molecule has 98 valence electrons. The molecule has 0 saturated carbocycles. The number of rotatable bonds is 8. The van der Waals surface area contributed by atoms with Gasteiger partial charge in [0.1, 0.15) is 12.2 Å². The van der Waals surface area contributed by atoms with E-state index < -0.39 is 0 Å². The van der Waals surface area contributed by atoms with Crippen LogP contribution in [0, 0.1) is 0 Å². The highest BCUT2D eigenvalue weighted by atomic mass is 16.5. The smallest absolute Gasteiger partial charge is 0.138 e. The van der Waals surface area contributed by atoms with Crippen molar-refractivity contribution in [2.75, 3.05) is 7.11 Å². The Bertz CT molecular complexity index is 311. The fourth-order valence-corrected chi connectivity index (χ4v) is 1.95. The topological polar surface area (TPSA) is 78.0 Å². The van der Waals surface area contributed by atoms with Gasteiger partial charge in [-0.15, -0.1) is 0 Å². The van der Waals surface area contributed by atoms with Crippen molar-refractivity contribution in [2.45, 2.75) is 51.8 Å². The Morgan fingerprint density at radius 2 is 2.29 bits per heavy atom. The molecule has 0 aromatic carbocycles. The zero-order chi connectivity index (χ0) is 12.7. The highest BCUT2D eigenvalue weighted by molar-refractivity contribution is 4.92. The highest BCUT2D eigenvalue weighted by Crippen LogP contribution is 2.08. The standard InChI is InChI=1S/C11H23N5O/c1-4-6-16-11(13-8-14-16)7-9(15-12)10(5-2)17-3/h8-10,15H,4-7,12H2,1-3H3. The van der Waals surface area contributed by atoms with Gasteiger partial charge in [0.05, 0.1) is 12.1 Å². The summed E-state index contributed by atoms with van der Waals surface area (Å²) in [5, 5.41) is 4.20. The number of nitrogens with one attached hydrogen (secondary N) is 1. The number of nitrogens with two attached hydrogens (primary N) is 1. The molecule has 1 heterocycles. The van der Waals surface area contributed by atoms with Gasteiger partial charge in [-0.25, -0.2) is 4.98 Å². The lowest BCUT2D eigenvalue weighted by molar-refractivity contribution is 0.0644. The summed E-state index contributed by atoms with van der Waals surface area (Å²) in [6.07, 6.45) is 4.35. The van der Waals surface area contributed by atoms with Crippen molar-refractivity contribution in [1.29, 1.82) is 0 Å². The number of nitrogens with zero attached hydrogens (tertiary/aromatic N) is 3. The molecule has 2 unspecified atom stereocenters. The first kappa shape index (κ1) is 14.1. The third-order valence-corrected chi connectivity index (χ3v) is 2.90. The third-order valence-electron chi connectivity index (χ3n) is 2.90. The molecule has 2 atom stereocenters. The number of ether oxygens (including phenoxy) is 1. The number of hydrogen-bond acceptors (Lipinski definition) is 5.